The number of nitrogens with one attached hydrogen (secondary N) is 1. The van der Waals surface area contributed by atoms with E-state index in [1.807, 2.05) is 6.92 Å². The minimum Gasteiger partial charge on any atom is -0.548 e. The Morgan fingerprint density at radius 3 is 2.06 bits per heavy atom. The van der Waals surface area contributed by atoms with Gasteiger partial charge in [0.2, 0.25) is 5.91 Å². The number of hydrogen-bond acceptors (Lipinski definition) is 18. The molecule has 0 unspecified atom stereocenters. The molecule has 19 nitrogen and oxygen atoms in total. The molecule has 3 heterocycles. The van der Waals surface area contributed by atoms with Gasteiger partial charge in [0.05, 0.1) is 50.0 Å². The number of carbonyl (C=O) groups excluding carboxylic acids is 2. The van der Waals surface area contributed by atoms with E-state index in [4.69, 9.17) is 28.4 Å². The van der Waals surface area contributed by atoms with E-state index in [0.29, 0.717) is 19.3 Å². The fraction of sp³-hybridized carbons (Fsp3) is 0.918. The van der Waals surface area contributed by atoms with Gasteiger partial charge in [-0.15, -0.1) is 0 Å². The maximum Gasteiger partial charge on any atom is 1.00 e. The number of amides is 1. The van der Waals surface area contributed by atoms with E-state index < -0.39 is 122 Å². The smallest absolute Gasteiger partial charge is 0.548 e. The summed E-state index contributed by atoms with van der Waals surface area (Å²) in [5.74, 6) is -1.40. The minimum atomic E-state index is -1.79. The molecule has 0 aromatic heterocycles. The van der Waals surface area contributed by atoms with Gasteiger partial charge < -0.3 is 89.6 Å². The molecule has 1 amide bonds. The van der Waals surface area contributed by atoms with Gasteiger partial charge in [-0.3, -0.25) is 4.79 Å². The third kappa shape index (κ3) is 9.27. The van der Waals surface area contributed by atoms with Crippen molar-refractivity contribution in [2.24, 2.45) is 50.2 Å². The Kier molecular flexibility index (Phi) is 16.4. The second kappa shape index (κ2) is 20.3. The van der Waals surface area contributed by atoms with Crippen LogP contribution in [0.2, 0.25) is 0 Å². The Bertz CT molecular complexity index is 1890. The van der Waals surface area contributed by atoms with E-state index >= 15 is 0 Å². The molecule has 23 atom stereocenters. The van der Waals surface area contributed by atoms with Crippen LogP contribution in [-0.4, -0.2) is 176 Å². The number of hydrogen-bond donors (Lipinski definition) is 10. The molecule has 0 radical (unpaired) electrons. The molecule has 69 heavy (non-hydrogen) atoms. The van der Waals surface area contributed by atoms with Crippen molar-refractivity contribution in [3.8, 4) is 0 Å². The van der Waals surface area contributed by atoms with Gasteiger partial charge in [-0.05, 0) is 111 Å². The summed E-state index contributed by atoms with van der Waals surface area (Å²) < 4.78 is 36.6. The van der Waals surface area contributed by atoms with Crippen LogP contribution in [0.25, 0.3) is 0 Å². The molecule has 20 heteroatoms. The number of carboxylic acids is 1. The first-order valence-electron chi connectivity index (χ1n) is 24.9. The number of fused-ring (bicyclic) bond motifs is 7. The van der Waals surface area contributed by atoms with Gasteiger partial charge in [-0.25, -0.2) is 0 Å². The summed E-state index contributed by atoms with van der Waals surface area (Å²) in [6.07, 6.45) is -12.3. The number of aliphatic hydroxyl groups excluding tert-OH is 9. The van der Waals surface area contributed by atoms with Crippen LogP contribution >= 0.6 is 0 Å². The van der Waals surface area contributed by atoms with Crippen LogP contribution in [-0.2, 0) is 38.0 Å². The molecular weight excluding hydrogens is 914 g/mol. The summed E-state index contributed by atoms with van der Waals surface area (Å²) in [6, 6.07) is 0. The third-order valence-corrected chi connectivity index (χ3v) is 19.5. The summed E-state index contributed by atoms with van der Waals surface area (Å²) in [7, 11) is 0. The fourth-order valence-corrected chi connectivity index (χ4v) is 15.1. The number of carboxylic acid groups (broad SMARTS) is 1. The zero-order valence-corrected chi connectivity index (χ0v) is 43.6. The third-order valence-electron chi connectivity index (χ3n) is 19.5. The summed E-state index contributed by atoms with van der Waals surface area (Å²) in [5.41, 5.74) is -0.931. The summed E-state index contributed by atoms with van der Waals surface area (Å²) >= 11 is 0. The second-order valence-corrected chi connectivity index (χ2v) is 23.6. The Hall–Kier alpha value is -0.920. The van der Waals surface area contributed by atoms with E-state index in [0.717, 1.165) is 44.9 Å². The zero-order chi connectivity index (χ0) is 49.7. The van der Waals surface area contributed by atoms with Gasteiger partial charge in [-0.2, -0.15) is 0 Å². The molecule has 0 spiro atoms. The van der Waals surface area contributed by atoms with Gasteiger partial charge in [-0.1, -0.05) is 53.2 Å². The number of ether oxygens (including phenoxy) is 6. The van der Waals surface area contributed by atoms with Crippen molar-refractivity contribution >= 4 is 11.9 Å². The predicted molar refractivity (Wildman–Crippen MR) is 235 cm³/mol. The number of aliphatic carboxylic acids is 1. The zero-order valence-electron chi connectivity index (χ0n) is 41.6. The fourth-order valence-electron chi connectivity index (χ4n) is 15.1. The van der Waals surface area contributed by atoms with E-state index in [1.165, 1.54) is 12.5 Å². The number of aliphatic hydroxyl groups is 9. The summed E-state index contributed by atoms with van der Waals surface area (Å²) in [6.45, 7) is 13.3. The molecule has 8 rings (SSSR count). The Morgan fingerprint density at radius 2 is 1.41 bits per heavy atom. The Balaban J connectivity index is 0.00000703. The average Bonchev–Trinajstić information content (AvgIpc) is 3.29. The molecule has 0 aromatic carbocycles. The quantitative estimate of drug-likeness (QED) is 0.0538. The van der Waals surface area contributed by atoms with Crippen molar-refractivity contribution in [1.82, 2.24) is 5.32 Å². The molecule has 388 valence electrons. The number of rotatable bonds is 11. The van der Waals surface area contributed by atoms with Crippen LogP contribution in [0.5, 0.6) is 0 Å². The number of allylic oxidation sites excluding steroid dienone is 2. The van der Waals surface area contributed by atoms with E-state index in [2.05, 4.69) is 46.0 Å². The molecular formula is C49H78NNaO18. The van der Waals surface area contributed by atoms with Crippen molar-refractivity contribution in [3.05, 3.63) is 11.6 Å². The van der Waals surface area contributed by atoms with Gasteiger partial charge in [0.25, 0.3) is 0 Å². The molecule has 7 fully saturated rings. The van der Waals surface area contributed by atoms with Crippen LogP contribution < -0.4 is 40.0 Å². The minimum absolute atomic E-state index is 0. The van der Waals surface area contributed by atoms with Crippen molar-refractivity contribution in [3.63, 3.8) is 0 Å². The molecule has 3 aliphatic heterocycles. The summed E-state index contributed by atoms with van der Waals surface area (Å²) in [5, 5.41) is 111. The van der Waals surface area contributed by atoms with Gasteiger partial charge in [0.1, 0.15) is 61.0 Å². The first kappa shape index (κ1) is 55.8. The average molecular weight is 992 g/mol. The topological polar surface area (TPSA) is 307 Å². The van der Waals surface area contributed by atoms with Crippen LogP contribution in [0.4, 0.5) is 0 Å². The normalized spacial score (nSPS) is 51.6. The summed E-state index contributed by atoms with van der Waals surface area (Å²) in [4.78, 5) is 25.6. The van der Waals surface area contributed by atoms with Crippen molar-refractivity contribution in [2.75, 3.05) is 26.4 Å². The van der Waals surface area contributed by atoms with Gasteiger partial charge in [0, 0.05) is 5.41 Å². The number of carbonyl (C=O) groups is 2. The van der Waals surface area contributed by atoms with E-state index in [9.17, 15) is 60.7 Å². The van der Waals surface area contributed by atoms with Crippen LogP contribution in [0.3, 0.4) is 0 Å². The molecule has 3 saturated heterocycles. The SMILES string of the molecule is C[C@@H]1O[C@@H](O[C@H]2[C@H](O[C@H]3CC[C@@]4(C)[C@@H](CC[C@]5(C)[C@@H]4CC=C4[C@@H]6CC(C)(C)CC[C@]6(C(=O)NCC(=O)[O-])CC[C@]45C)[C@]3(C)CO)OC[C@H](O[C@@H]3O[C@H](CO)[C@@H](O)[C@H](O)[C@H]3O)[C@@H]2O)[C@H](O)[C@H](O)[C@H]1O.[Na+]. The maximum atomic E-state index is 14.1. The molecule has 8 aliphatic rings. The Labute approximate surface area is 426 Å². The van der Waals surface area contributed by atoms with Crippen LogP contribution in [0, 0.1) is 50.2 Å². The van der Waals surface area contributed by atoms with Gasteiger partial charge in [0.15, 0.2) is 18.9 Å². The largest absolute Gasteiger partial charge is 1.00 e. The van der Waals surface area contributed by atoms with Crippen molar-refractivity contribution in [2.45, 2.75) is 205 Å². The predicted octanol–water partition coefficient (Wildman–Crippen LogP) is -3.87. The molecule has 5 aliphatic carbocycles. The molecule has 0 bridgehead atoms. The van der Waals surface area contributed by atoms with Crippen molar-refractivity contribution in [1.29, 1.82) is 0 Å². The van der Waals surface area contributed by atoms with Crippen molar-refractivity contribution < 1.29 is 119 Å². The Morgan fingerprint density at radius 1 is 0.754 bits per heavy atom. The first-order chi connectivity index (χ1) is 31.8. The van der Waals surface area contributed by atoms with Gasteiger partial charge >= 0.3 is 29.6 Å². The standard InChI is InChI=1S/C49H79NO18.Na/c1-23-32(55)35(58)37(60)40(64-23)68-39-34(57)27(66-41-38(61)36(59)33(56)26(20-51)65-41)21-63-42(39)67-30-11-12-45(4)28(46(30,5)22-52)10-13-48(7)29(45)9-8-24-25-18-44(2,3)14-16-49(25,17-15-47(24,48)6)43(62)50-19-31(53)54;/h8,23,25-30,32-42,51-52,55-61H,9-22H2,1-7H3,(H,50,62)(H,53,54);/q;+1/p-1/t23-,25-,26+,27-,28+,29+,30-,32-,33+,34-,35+,36-,37+,38+,39+,40-,41-,42-,45-,46-,47+,48+,49-;/m0./s1. The van der Waals surface area contributed by atoms with E-state index in [-0.39, 0.29) is 88.1 Å². The molecule has 0 aromatic rings. The molecule has 4 saturated carbocycles. The van der Waals surface area contributed by atoms with Crippen LogP contribution in [0.1, 0.15) is 113 Å². The molecule has 10 N–H and O–H groups in total. The van der Waals surface area contributed by atoms with E-state index in [1.54, 1.807) is 0 Å². The monoisotopic (exact) mass is 992 g/mol. The second-order valence-electron chi connectivity index (χ2n) is 23.6. The first-order valence-corrected chi connectivity index (χ1v) is 24.9. The van der Waals surface area contributed by atoms with Crippen LogP contribution in [0.15, 0.2) is 11.6 Å². The maximum absolute atomic E-state index is 14.1.